The maximum absolute atomic E-state index is 4.69. The van der Waals surface area contributed by atoms with Crippen LogP contribution in [0.3, 0.4) is 0 Å². The summed E-state index contributed by atoms with van der Waals surface area (Å²) in [7, 11) is 0. The molecule has 21 heavy (non-hydrogen) atoms. The van der Waals surface area contributed by atoms with E-state index in [9.17, 15) is 0 Å². The third kappa shape index (κ3) is 2.76. The standard InChI is InChI=1S/C15H20N6/c1-3-14-9-13(19-21(14)7-1)11-20-8-4-12(10-20)18-15-16-5-2-6-17-15/h2,5-6,9,12H,1,3-4,7-8,10-11H2,(H,16,17,18). The Morgan fingerprint density at radius 1 is 1.24 bits per heavy atom. The Balaban J connectivity index is 1.33. The molecular weight excluding hydrogens is 264 g/mol. The van der Waals surface area contributed by atoms with Gasteiger partial charge in [0.25, 0.3) is 0 Å². The van der Waals surface area contributed by atoms with E-state index < -0.39 is 0 Å². The lowest BCUT2D eigenvalue weighted by Gasteiger charge is -2.15. The number of aryl methyl sites for hydroxylation is 2. The number of fused-ring (bicyclic) bond motifs is 1. The van der Waals surface area contributed by atoms with Crippen LogP contribution in [0.25, 0.3) is 0 Å². The summed E-state index contributed by atoms with van der Waals surface area (Å²) in [5.41, 5.74) is 2.61. The maximum Gasteiger partial charge on any atom is 0.222 e. The van der Waals surface area contributed by atoms with Gasteiger partial charge in [0.2, 0.25) is 5.95 Å². The molecule has 0 amide bonds. The number of likely N-dealkylation sites (tertiary alicyclic amines) is 1. The van der Waals surface area contributed by atoms with Gasteiger partial charge in [0.15, 0.2) is 0 Å². The van der Waals surface area contributed by atoms with Crippen LogP contribution in [0.2, 0.25) is 0 Å². The molecule has 1 atom stereocenters. The quantitative estimate of drug-likeness (QED) is 0.917. The largest absolute Gasteiger partial charge is 0.350 e. The molecule has 1 N–H and O–H groups in total. The molecule has 2 aromatic rings. The lowest BCUT2D eigenvalue weighted by atomic mass is 10.2. The fourth-order valence-corrected chi connectivity index (χ4v) is 3.28. The minimum Gasteiger partial charge on any atom is -0.350 e. The molecule has 0 aliphatic carbocycles. The van der Waals surface area contributed by atoms with Crippen LogP contribution < -0.4 is 5.32 Å². The molecule has 4 heterocycles. The van der Waals surface area contributed by atoms with Crippen molar-refractivity contribution in [1.29, 1.82) is 0 Å². The molecule has 6 nitrogen and oxygen atoms in total. The van der Waals surface area contributed by atoms with Gasteiger partial charge in [-0.25, -0.2) is 9.97 Å². The van der Waals surface area contributed by atoms with Gasteiger partial charge in [0, 0.05) is 50.3 Å². The maximum atomic E-state index is 4.69. The molecule has 4 rings (SSSR count). The predicted octanol–water partition coefficient (Wildman–Crippen LogP) is 1.31. The second-order valence-electron chi connectivity index (χ2n) is 5.89. The van der Waals surface area contributed by atoms with Gasteiger partial charge in [0.05, 0.1) is 5.69 Å². The Labute approximate surface area is 124 Å². The third-order valence-electron chi connectivity index (χ3n) is 4.27. The minimum absolute atomic E-state index is 0.432. The summed E-state index contributed by atoms with van der Waals surface area (Å²) in [4.78, 5) is 10.9. The first kappa shape index (κ1) is 12.8. The normalized spacial score (nSPS) is 21.6. The van der Waals surface area contributed by atoms with E-state index >= 15 is 0 Å². The summed E-state index contributed by atoms with van der Waals surface area (Å²) >= 11 is 0. The van der Waals surface area contributed by atoms with Crippen LogP contribution in [0, 0.1) is 0 Å². The molecule has 1 saturated heterocycles. The number of nitrogens with zero attached hydrogens (tertiary/aromatic N) is 5. The number of nitrogens with one attached hydrogen (secondary N) is 1. The Hall–Kier alpha value is -1.95. The first-order valence-corrected chi connectivity index (χ1v) is 7.68. The molecule has 110 valence electrons. The second kappa shape index (κ2) is 5.44. The molecule has 6 heteroatoms. The molecule has 0 bridgehead atoms. The van der Waals surface area contributed by atoms with Gasteiger partial charge in [-0.15, -0.1) is 0 Å². The molecule has 2 aliphatic rings. The average Bonchev–Trinajstić information content (AvgIpc) is 3.17. The van der Waals surface area contributed by atoms with Gasteiger partial charge in [-0.1, -0.05) is 0 Å². The highest BCUT2D eigenvalue weighted by molar-refractivity contribution is 5.25. The Morgan fingerprint density at radius 3 is 3.00 bits per heavy atom. The van der Waals surface area contributed by atoms with Gasteiger partial charge in [-0.3, -0.25) is 9.58 Å². The molecule has 0 spiro atoms. The Morgan fingerprint density at radius 2 is 2.14 bits per heavy atom. The number of aromatic nitrogens is 4. The number of rotatable bonds is 4. The predicted molar refractivity (Wildman–Crippen MR) is 79.9 cm³/mol. The van der Waals surface area contributed by atoms with Gasteiger partial charge >= 0.3 is 0 Å². The average molecular weight is 284 g/mol. The molecule has 0 aromatic carbocycles. The number of hydrogen-bond acceptors (Lipinski definition) is 5. The molecule has 1 unspecified atom stereocenters. The number of anilines is 1. The highest BCUT2D eigenvalue weighted by atomic mass is 15.3. The SMILES string of the molecule is c1cnc(NC2CCN(Cc3cc4n(n3)CCC4)C2)nc1. The van der Waals surface area contributed by atoms with Crippen LogP contribution in [0.5, 0.6) is 0 Å². The molecule has 0 radical (unpaired) electrons. The molecular formula is C15H20N6. The lowest BCUT2D eigenvalue weighted by molar-refractivity contribution is 0.322. The van der Waals surface area contributed by atoms with Crippen molar-refractivity contribution in [1.82, 2.24) is 24.6 Å². The van der Waals surface area contributed by atoms with E-state index in [2.05, 4.69) is 30.9 Å². The molecule has 1 fully saturated rings. The fraction of sp³-hybridized carbons (Fsp3) is 0.533. The van der Waals surface area contributed by atoms with Crippen molar-refractivity contribution in [2.24, 2.45) is 0 Å². The van der Waals surface area contributed by atoms with E-state index in [4.69, 9.17) is 5.10 Å². The summed E-state index contributed by atoms with van der Waals surface area (Å²) in [6.45, 7) is 4.17. The summed E-state index contributed by atoms with van der Waals surface area (Å²) < 4.78 is 2.17. The Kier molecular flexibility index (Phi) is 3.31. The smallest absolute Gasteiger partial charge is 0.222 e. The summed E-state index contributed by atoms with van der Waals surface area (Å²) in [5, 5.41) is 8.10. The first-order valence-electron chi connectivity index (χ1n) is 7.68. The van der Waals surface area contributed by atoms with Crippen molar-refractivity contribution in [3.05, 3.63) is 35.9 Å². The van der Waals surface area contributed by atoms with Gasteiger partial charge < -0.3 is 5.32 Å². The van der Waals surface area contributed by atoms with Gasteiger partial charge in [-0.05, 0) is 31.4 Å². The summed E-state index contributed by atoms with van der Waals surface area (Å²) in [5.74, 6) is 0.727. The van der Waals surface area contributed by atoms with Crippen LogP contribution in [0.15, 0.2) is 24.5 Å². The third-order valence-corrected chi connectivity index (χ3v) is 4.27. The van der Waals surface area contributed by atoms with Crippen LogP contribution >= 0.6 is 0 Å². The zero-order valence-electron chi connectivity index (χ0n) is 12.1. The van der Waals surface area contributed by atoms with E-state index in [1.807, 2.05) is 6.07 Å². The Bertz CT molecular complexity index is 586. The van der Waals surface area contributed by atoms with Crippen molar-refractivity contribution in [2.75, 3.05) is 18.4 Å². The van der Waals surface area contributed by atoms with E-state index in [1.54, 1.807) is 12.4 Å². The monoisotopic (exact) mass is 284 g/mol. The summed E-state index contributed by atoms with van der Waals surface area (Å²) in [6.07, 6.45) is 7.10. The topological polar surface area (TPSA) is 58.9 Å². The van der Waals surface area contributed by atoms with Crippen molar-refractivity contribution in [3.8, 4) is 0 Å². The molecule has 2 aliphatic heterocycles. The lowest BCUT2D eigenvalue weighted by Crippen LogP contribution is -2.26. The van der Waals surface area contributed by atoms with Crippen molar-refractivity contribution < 1.29 is 0 Å². The van der Waals surface area contributed by atoms with Crippen LogP contribution in [-0.2, 0) is 19.5 Å². The fourth-order valence-electron chi connectivity index (χ4n) is 3.28. The van der Waals surface area contributed by atoms with Crippen LogP contribution in [0.1, 0.15) is 24.2 Å². The van der Waals surface area contributed by atoms with E-state index in [0.29, 0.717) is 6.04 Å². The first-order chi connectivity index (χ1) is 10.4. The van der Waals surface area contributed by atoms with Gasteiger partial charge in [0.1, 0.15) is 0 Å². The minimum atomic E-state index is 0.432. The highest BCUT2D eigenvalue weighted by Crippen LogP contribution is 2.19. The van der Waals surface area contributed by atoms with E-state index in [-0.39, 0.29) is 0 Å². The highest BCUT2D eigenvalue weighted by Gasteiger charge is 2.24. The molecule has 0 saturated carbocycles. The molecule has 2 aromatic heterocycles. The van der Waals surface area contributed by atoms with Gasteiger partial charge in [-0.2, -0.15) is 5.10 Å². The zero-order valence-corrected chi connectivity index (χ0v) is 12.1. The van der Waals surface area contributed by atoms with E-state index in [1.165, 1.54) is 24.2 Å². The summed E-state index contributed by atoms with van der Waals surface area (Å²) in [6, 6.07) is 4.54. The zero-order chi connectivity index (χ0) is 14.1. The van der Waals surface area contributed by atoms with Crippen LogP contribution in [0.4, 0.5) is 5.95 Å². The number of hydrogen-bond donors (Lipinski definition) is 1. The van der Waals surface area contributed by atoms with Crippen molar-refractivity contribution >= 4 is 5.95 Å². The van der Waals surface area contributed by atoms with E-state index in [0.717, 1.165) is 38.5 Å². The second-order valence-corrected chi connectivity index (χ2v) is 5.89. The van der Waals surface area contributed by atoms with Crippen molar-refractivity contribution in [2.45, 2.75) is 38.4 Å². The van der Waals surface area contributed by atoms with Crippen molar-refractivity contribution in [3.63, 3.8) is 0 Å². The van der Waals surface area contributed by atoms with Crippen LogP contribution in [-0.4, -0.2) is 43.8 Å².